The number of nitrogens with one attached hydrogen (secondary N) is 2. The topological polar surface area (TPSA) is 76.4 Å². The molecule has 1 aromatic carbocycles. The number of aromatic nitrogens is 3. The lowest BCUT2D eigenvalue weighted by atomic mass is 10.3. The summed E-state index contributed by atoms with van der Waals surface area (Å²) in [5, 5.41) is 15.1. The van der Waals surface area contributed by atoms with Gasteiger partial charge in [0.1, 0.15) is 18.2 Å². The average molecular weight is 337 g/mol. The second kappa shape index (κ2) is 8.38. The van der Waals surface area contributed by atoms with Crippen molar-refractivity contribution < 1.29 is 4.74 Å². The minimum atomic E-state index is 0.480. The molecule has 0 unspecified atom stereocenters. The number of ether oxygens (including phenoxy) is 1. The molecular formula is C15H21ClN6O. The molecule has 0 amide bonds. The monoisotopic (exact) mass is 336 g/mol. The van der Waals surface area contributed by atoms with Gasteiger partial charge in [-0.3, -0.25) is 4.99 Å². The third kappa shape index (κ3) is 4.85. The smallest absolute Gasteiger partial charge is 0.191 e. The molecule has 0 aliphatic heterocycles. The normalized spacial score (nSPS) is 11.4. The van der Waals surface area contributed by atoms with Crippen LogP contribution in [0.4, 0.5) is 0 Å². The molecule has 2 aromatic rings. The Labute approximate surface area is 140 Å². The summed E-state index contributed by atoms with van der Waals surface area (Å²) >= 11 is 6.03. The van der Waals surface area contributed by atoms with Crippen LogP contribution in [0.3, 0.4) is 0 Å². The molecule has 7 nitrogen and oxygen atoms in total. The van der Waals surface area contributed by atoms with Crippen LogP contribution < -0.4 is 15.4 Å². The molecule has 0 bridgehead atoms. The van der Waals surface area contributed by atoms with Gasteiger partial charge in [0.2, 0.25) is 0 Å². The highest BCUT2D eigenvalue weighted by atomic mass is 35.5. The Bertz CT molecular complexity index is 670. The Balaban J connectivity index is 1.73. The van der Waals surface area contributed by atoms with E-state index in [4.69, 9.17) is 16.3 Å². The molecule has 8 heteroatoms. The molecule has 1 aromatic heterocycles. The summed E-state index contributed by atoms with van der Waals surface area (Å²) in [4.78, 5) is 4.16. The number of benzene rings is 1. The largest absolute Gasteiger partial charge is 0.490 e. The molecule has 0 atom stereocenters. The van der Waals surface area contributed by atoms with Crippen molar-refractivity contribution in [1.29, 1.82) is 0 Å². The molecule has 0 saturated heterocycles. The molecule has 0 saturated carbocycles. The highest BCUT2D eigenvalue weighted by molar-refractivity contribution is 6.32. The third-order valence-corrected chi connectivity index (χ3v) is 3.62. The third-order valence-electron chi connectivity index (χ3n) is 3.31. The summed E-state index contributed by atoms with van der Waals surface area (Å²) in [5.41, 5.74) is 0. The quantitative estimate of drug-likeness (QED) is 0.475. The Morgan fingerprint density at radius 1 is 1.30 bits per heavy atom. The highest BCUT2D eigenvalue weighted by Crippen LogP contribution is 2.22. The van der Waals surface area contributed by atoms with E-state index >= 15 is 0 Å². The van der Waals surface area contributed by atoms with E-state index in [9.17, 15) is 0 Å². The first-order valence-electron chi connectivity index (χ1n) is 7.28. The highest BCUT2D eigenvalue weighted by Gasteiger charge is 2.06. The van der Waals surface area contributed by atoms with Crippen LogP contribution in [0, 0.1) is 6.92 Å². The maximum absolute atomic E-state index is 6.03. The molecule has 1 heterocycles. The van der Waals surface area contributed by atoms with E-state index in [0.29, 0.717) is 36.4 Å². The van der Waals surface area contributed by atoms with E-state index < -0.39 is 0 Å². The number of aliphatic imine (C=N–C) groups is 1. The van der Waals surface area contributed by atoms with E-state index in [2.05, 4.69) is 25.8 Å². The fourth-order valence-corrected chi connectivity index (χ4v) is 2.07. The van der Waals surface area contributed by atoms with Crippen molar-refractivity contribution in [3.05, 3.63) is 40.9 Å². The summed E-state index contributed by atoms with van der Waals surface area (Å²) in [6.45, 7) is 3.54. The van der Waals surface area contributed by atoms with Gasteiger partial charge in [-0.2, -0.15) is 0 Å². The SMILES string of the molecule is CN=C(NCCOc1ccccc1Cl)NCc1nnc(C)n1C. The maximum atomic E-state index is 6.03. The lowest BCUT2D eigenvalue weighted by molar-refractivity contribution is 0.322. The summed E-state index contributed by atoms with van der Waals surface area (Å²) in [7, 11) is 3.64. The molecular weight excluding hydrogens is 316 g/mol. The summed E-state index contributed by atoms with van der Waals surface area (Å²) in [5.74, 6) is 3.07. The van der Waals surface area contributed by atoms with Crippen LogP contribution in [-0.4, -0.2) is 40.9 Å². The van der Waals surface area contributed by atoms with Gasteiger partial charge < -0.3 is 19.9 Å². The first kappa shape index (κ1) is 17.1. The number of hydrogen-bond acceptors (Lipinski definition) is 4. The van der Waals surface area contributed by atoms with Crippen LogP contribution in [0.15, 0.2) is 29.3 Å². The van der Waals surface area contributed by atoms with Gasteiger partial charge in [0.05, 0.1) is 18.1 Å². The molecule has 0 spiro atoms. The fraction of sp³-hybridized carbons (Fsp3) is 0.400. The number of para-hydroxylation sites is 1. The van der Waals surface area contributed by atoms with E-state index in [0.717, 1.165) is 11.6 Å². The fourth-order valence-electron chi connectivity index (χ4n) is 1.88. The molecule has 0 aliphatic carbocycles. The van der Waals surface area contributed by atoms with E-state index in [-0.39, 0.29) is 0 Å². The molecule has 23 heavy (non-hydrogen) atoms. The van der Waals surface area contributed by atoms with Crippen LogP contribution in [0.25, 0.3) is 0 Å². The Kier molecular flexibility index (Phi) is 6.22. The van der Waals surface area contributed by atoms with Crippen LogP contribution in [-0.2, 0) is 13.6 Å². The minimum absolute atomic E-state index is 0.480. The van der Waals surface area contributed by atoms with Gasteiger partial charge in [-0.1, -0.05) is 23.7 Å². The van der Waals surface area contributed by atoms with Gasteiger partial charge in [0.15, 0.2) is 11.8 Å². The first-order valence-corrected chi connectivity index (χ1v) is 7.66. The number of halogens is 1. The second-order valence-electron chi connectivity index (χ2n) is 4.85. The molecule has 0 radical (unpaired) electrons. The van der Waals surface area contributed by atoms with Crippen molar-refractivity contribution in [2.45, 2.75) is 13.5 Å². The van der Waals surface area contributed by atoms with Gasteiger partial charge in [-0.25, -0.2) is 0 Å². The second-order valence-corrected chi connectivity index (χ2v) is 5.26. The lowest BCUT2D eigenvalue weighted by Crippen LogP contribution is -2.39. The number of hydrogen-bond donors (Lipinski definition) is 2. The molecule has 124 valence electrons. The number of rotatable bonds is 6. The number of guanidine groups is 1. The summed E-state index contributed by atoms with van der Waals surface area (Å²) in [6, 6.07) is 7.39. The van der Waals surface area contributed by atoms with E-state index in [1.54, 1.807) is 13.1 Å². The minimum Gasteiger partial charge on any atom is -0.490 e. The molecule has 2 rings (SSSR count). The molecule has 2 N–H and O–H groups in total. The van der Waals surface area contributed by atoms with Gasteiger partial charge in [0.25, 0.3) is 0 Å². The Hall–Kier alpha value is -2.28. The Morgan fingerprint density at radius 3 is 2.74 bits per heavy atom. The average Bonchev–Trinajstić information content (AvgIpc) is 2.87. The zero-order chi connectivity index (χ0) is 16.7. The zero-order valence-corrected chi connectivity index (χ0v) is 14.3. The molecule has 0 aliphatic rings. The van der Waals surface area contributed by atoms with E-state index in [1.165, 1.54) is 0 Å². The predicted octanol–water partition coefficient (Wildman–Crippen LogP) is 1.52. The number of aryl methyl sites for hydroxylation is 1. The van der Waals surface area contributed by atoms with Crippen LogP contribution in [0.2, 0.25) is 5.02 Å². The van der Waals surface area contributed by atoms with Gasteiger partial charge in [0, 0.05) is 14.1 Å². The van der Waals surface area contributed by atoms with Gasteiger partial charge in [-0.15, -0.1) is 10.2 Å². The standard InChI is InChI=1S/C15H21ClN6O/c1-11-20-21-14(22(11)3)10-19-15(17-2)18-8-9-23-13-7-5-4-6-12(13)16/h4-7H,8-10H2,1-3H3,(H2,17,18,19). The van der Waals surface area contributed by atoms with Crippen molar-refractivity contribution >= 4 is 17.6 Å². The summed E-state index contributed by atoms with van der Waals surface area (Å²) in [6.07, 6.45) is 0. The van der Waals surface area contributed by atoms with Crippen molar-refractivity contribution in [3.8, 4) is 5.75 Å². The van der Waals surface area contributed by atoms with Crippen LogP contribution in [0.1, 0.15) is 11.6 Å². The summed E-state index contributed by atoms with van der Waals surface area (Å²) < 4.78 is 7.54. The van der Waals surface area contributed by atoms with Crippen molar-refractivity contribution in [2.75, 3.05) is 20.2 Å². The molecule has 0 fully saturated rings. The Morgan fingerprint density at radius 2 is 2.09 bits per heavy atom. The zero-order valence-electron chi connectivity index (χ0n) is 13.5. The van der Waals surface area contributed by atoms with Crippen molar-refractivity contribution in [1.82, 2.24) is 25.4 Å². The lowest BCUT2D eigenvalue weighted by Gasteiger charge is -2.12. The first-order chi connectivity index (χ1) is 11.1. The van der Waals surface area contributed by atoms with Gasteiger partial charge >= 0.3 is 0 Å². The van der Waals surface area contributed by atoms with Crippen molar-refractivity contribution in [2.24, 2.45) is 12.0 Å². The van der Waals surface area contributed by atoms with Crippen LogP contribution >= 0.6 is 11.6 Å². The number of nitrogens with zero attached hydrogens (tertiary/aromatic N) is 4. The van der Waals surface area contributed by atoms with Crippen LogP contribution in [0.5, 0.6) is 5.75 Å². The van der Waals surface area contributed by atoms with Gasteiger partial charge in [-0.05, 0) is 19.1 Å². The maximum Gasteiger partial charge on any atom is 0.191 e. The van der Waals surface area contributed by atoms with E-state index in [1.807, 2.05) is 36.7 Å². The predicted molar refractivity (Wildman–Crippen MR) is 90.9 cm³/mol. The van der Waals surface area contributed by atoms with Crippen molar-refractivity contribution in [3.63, 3.8) is 0 Å².